The zero-order valence-corrected chi connectivity index (χ0v) is 25.8. The van der Waals surface area contributed by atoms with Gasteiger partial charge in [0.15, 0.2) is 12.4 Å². The number of para-hydroxylation sites is 1. The van der Waals surface area contributed by atoms with E-state index in [0.717, 1.165) is 28.0 Å². The van der Waals surface area contributed by atoms with Gasteiger partial charge in [-0.15, -0.1) is 0 Å². The SMILES string of the molecule is CCOc1cc(C)c(-c2nc3ccccc3c(=O)n2N=Cc2ccc(OCC(=O)Nc3ccc(Cl)cc3)cc2)cc1C(C)C. The van der Waals surface area contributed by atoms with Gasteiger partial charge in [0.05, 0.1) is 23.7 Å². The van der Waals surface area contributed by atoms with Gasteiger partial charge in [-0.25, -0.2) is 4.98 Å². The number of hydrogen-bond acceptors (Lipinski definition) is 6. The van der Waals surface area contributed by atoms with Crippen molar-refractivity contribution in [2.24, 2.45) is 5.10 Å². The number of ether oxygens (including phenoxy) is 2. The van der Waals surface area contributed by atoms with Crippen molar-refractivity contribution in [3.8, 4) is 22.9 Å². The molecule has 0 aliphatic carbocycles. The van der Waals surface area contributed by atoms with Crippen LogP contribution in [0, 0.1) is 6.92 Å². The van der Waals surface area contributed by atoms with Crippen LogP contribution in [0.2, 0.25) is 5.02 Å². The zero-order chi connectivity index (χ0) is 31.2. The number of carbonyl (C=O) groups is 1. The summed E-state index contributed by atoms with van der Waals surface area (Å²) >= 11 is 5.89. The van der Waals surface area contributed by atoms with Crippen LogP contribution in [-0.4, -0.2) is 35.0 Å². The monoisotopic (exact) mass is 608 g/mol. The van der Waals surface area contributed by atoms with Crippen LogP contribution >= 0.6 is 11.6 Å². The molecule has 1 aromatic heterocycles. The third-order valence-electron chi connectivity index (χ3n) is 6.97. The topological polar surface area (TPSA) is 94.8 Å². The van der Waals surface area contributed by atoms with Gasteiger partial charge in [0, 0.05) is 16.3 Å². The van der Waals surface area contributed by atoms with Crippen molar-refractivity contribution in [1.29, 1.82) is 0 Å². The molecule has 0 saturated carbocycles. The first-order chi connectivity index (χ1) is 21.2. The Morgan fingerprint density at radius 1 is 1.02 bits per heavy atom. The van der Waals surface area contributed by atoms with E-state index >= 15 is 0 Å². The Bertz CT molecular complexity index is 1880. The van der Waals surface area contributed by atoms with Gasteiger partial charge in [-0.1, -0.05) is 37.6 Å². The first-order valence-corrected chi connectivity index (χ1v) is 14.7. The van der Waals surface area contributed by atoms with Crippen molar-refractivity contribution in [2.75, 3.05) is 18.5 Å². The van der Waals surface area contributed by atoms with E-state index in [1.807, 2.05) is 44.2 Å². The minimum Gasteiger partial charge on any atom is -0.494 e. The van der Waals surface area contributed by atoms with Crippen LogP contribution < -0.4 is 20.3 Å². The summed E-state index contributed by atoms with van der Waals surface area (Å²) < 4.78 is 12.9. The lowest BCUT2D eigenvalue weighted by Gasteiger charge is -2.18. The van der Waals surface area contributed by atoms with Crippen LogP contribution in [0.5, 0.6) is 11.5 Å². The molecule has 8 nitrogen and oxygen atoms in total. The number of benzene rings is 4. The molecule has 0 fully saturated rings. The van der Waals surface area contributed by atoms with E-state index in [0.29, 0.717) is 39.8 Å². The number of rotatable bonds is 10. The molecule has 0 unspecified atom stereocenters. The molecule has 0 spiro atoms. The molecular formula is C35H33ClN4O4. The normalized spacial score (nSPS) is 11.3. The molecule has 1 amide bonds. The van der Waals surface area contributed by atoms with E-state index in [2.05, 4.69) is 24.3 Å². The van der Waals surface area contributed by atoms with Crippen LogP contribution in [0.1, 0.15) is 43.4 Å². The van der Waals surface area contributed by atoms with Crippen molar-refractivity contribution in [3.05, 3.63) is 117 Å². The largest absolute Gasteiger partial charge is 0.494 e. The Kier molecular flexibility index (Phi) is 9.41. The maximum Gasteiger partial charge on any atom is 0.282 e. The van der Waals surface area contributed by atoms with E-state index in [9.17, 15) is 9.59 Å². The molecule has 0 bridgehead atoms. The van der Waals surface area contributed by atoms with E-state index in [1.165, 1.54) is 4.68 Å². The summed E-state index contributed by atoms with van der Waals surface area (Å²) in [4.78, 5) is 30.9. The molecule has 0 aliphatic rings. The second kappa shape index (κ2) is 13.6. The van der Waals surface area contributed by atoms with Crippen molar-refractivity contribution < 1.29 is 14.3 Å². The maximum atomic E-state index is 13.7. The number of hydrogen-bond donors (Lipinski definition) is 1. The molecule has 0 radical (unpaired) electrons. The summed E-state index contributed by atoms with van der Waals surface area (Å²) in [6.07, 6.45) is 1.60. The maximum absolute atomic E-state index is 13.7. The molecule has 5 aromatic rings. The summed E-state index contributed by atoms with van der Waals surface area (Å²) in [6, 6.07) is 25.2. The standard InChI is InChI=1S/C35H33ClN4O4/c1-5-43-32-18-23(4)30(19-29(32)22(2)3)34-39-31-9-7-6-8-28(31)35(42)40(34)37-20-24-10-16-27(17-11-24)44-21-33(41)38-26-14-12-25(36)13-15-26/h6-20,22H,5,21H2,1-4H3,(H,38,41). The fourth-order valence-electron chi connectivity index (χ4n) is 4.73. The average Bonchev–Trinajstić information content (AvgIpc) is 3.01. The number of amides is 1. The number of halogens is 1. The lowest BCUT2D eigenvalue weighted by Crippen LogP contribution is -2.21. The average molecular weight is 609 g/mol. The van der Waals surface area contributed by atoms with Crippen LogP contribution in [0.3, 0.4) is 0 Å². The third-order valence-corrected chi connectivity index (χ3v) is 7.23. The summed E-state index contributed by atoms with van der Waals surface area (Å²) in [5.41, 5.74) is 4.45. The molecule has 9 heteroatoms. The number of aromatic nitrogens is 2. The van der Waals surface area contributed by atoms with Crippen LogP contribution in [-0.2, 0) is 4.79 Å². The Balaban J connectivity index is 1.42. The van der Waals surface area contributed by atoms with E-state index < -0.39 is 0 Å². The quantitative estimate of drug-likeness (QED) is 0.166. The lowest BCUT2D eigenvalue weighted by atomic mass is 9.96. The van der Waals surface area contributed by atoms with Gasteiger partial charge in [-0.05, 0) is 109 Å². The summed E-state index contributed by atoms with van der Waals surface area (Å²) in [5, 5.41) is 8.43. The molecule has 0 aliphatic heterocycles. The van der Waals surface area contributed by atoms with Crippen molar-refractivity contribution in [1.82, 2.24) is 9.66 Å². The smallest absolute Gasteiger partial charge is 0.282 e. The Morgan fingerprint density at radius 2 is 1.75 bits per heavy atom. The molecule has 1 N–H and O–H groups in total. The summed E-state index contributed by atoms with van der Waals surface area (Å²) in [5.74, 6) is 1.69. The fourth-order valence-corrected chi connectivity index (χ4v) is 4.86. The van der Waals surface area contributed by atoms with Gasteiger partial charge in [0.25, 0.3) is 11.5 Å². The summed E-state index contributed by atoms with van der Waals surface area (Å²) in [6.45, 7) is 8.55. The van der Waals surface area contributed by atoms with Crippen LogP contribution in [0.4, 0.5) is 5.69 Å². The van der Waals surface area contributed by atoms with Crippen LogP contribution in [0.15, 0.2) is 94.8 Å². The second-order valence-electron chi connectivity index (χ2n) is 10.5. The van der Waals surface area contributed by atoms with E-state index in [1.54, 1.807) is 60.8 Å². The predicted molar refractivity (Wildman–Crippen MR) is 176 cm³/mol. The van der Waals surface area contributed by atoms with Crippen molar-refractivity contribution >= 4 is 40.3 Å². The van der Waals surface area contributed by atoms with E-state index in [-0.39, 0.29) is 24.0 Å². The van der Waals surface area contributed by atoms with E-state index in [4.69, 9.17) is 26.1 Å². The minimum atomic E-state index is -0.293. The van der Waals surface area contributed by atoms with Gasteiger partial charge >= 0.3 is 0 Å². The molecule has 44 heavy (non-hydrogen) atoms. The molecule has 0 atom stereocenters. The molecular weight excluding hydrogens is 576 g/mol. The molecule has 4 aromatic carbocycles. The van der Waals surface area contributed by atoms with Gasteiger partial charge in [0.1, 0.15) is 11.5 Å². The first kappa shape index (κ1) is 30.5. The highest BCUT2D eigenvalue weighted by molar-refractivity contribution is 6.30. The molecule has 0 saturated heterocycles. The second-order valence-corrected chi connectivity index (χ2v) is 11.0. The van der Waals surface area contributed by atoms with Crippen LogP contribution in [0.25, 0.3) is 22.3 Å². The minimum absolute atomic E-state index is 0.155. The Labute approximate surface area is 260 Å². The van der Waals surface area contributed by atoms with Gasteiger partial charge in [-0.2, -0.15) is 9.78 Å². The number of nitrogens with zero attached hydrogens (tertiary/aromatic N) is 3. The number of nitrogens with one attached hydrogen (secondary N) is 1. The molecule has 1 heterocycles. The molecule has 5 rings (SSSR count). The zero-order valence-electron chi connectivity index (χ0n) is 25.0. The van der Waals surface area contributed by atoms with Crippen molar-refractivity contribution in [2.45, 2.75) is 33.6 Å². The number of aryl methyl sites for hydroxylation is 1. The predicted octanol–water partition coefficient (Wildman–Crippen LogP) is 7.45. The lowest BCUT2D eigenvalue weighted by molar-refractivity contribution is -0.118. The highest BCUT2D eigenvalue weighted by atomic mass is 35.5. The number of fused-ring (bicyclic) bond motifs is 1. The first-order valence-electron chi connectivity index (χ1n) is 14.4. The molecule has 224 valence electrons. The number of anilines is 1. The number of carbonyl (C=O) groups excluding carboxylic acids is 1. The van der Waals surface area contributed by atoms with Gasteiger partial charge < -0.3 is 14.8 Å². The van der Waals surface area contributed by atoms with Gasteiger partial charge in [0.2, 0.25) is 0 Å². The summed E-state index contributed by atoms with van der Waals surface area (Å²) in [7, 11) is 0. The Hall–Kier alpha value is -4.95. The van der Waals surface area contributed by atoms with Gasteiger partial charge in [-0.3, -0.25) is 9.59 Å². The Morgan fingerprint density at radius 3 is 2.45 bits per heavy atom. The highest BCUT2D eigenvalue weighted by Crippen LogP contribution is 2.34. The third kappa shape index (κ3) is 6.98. The van der Waals surface area contributed by atoms with Crippen molar-refractivity contribution in [3.63, 3.8) is 0 Å². The fraction of sp³-hybridized carbons (Fsp3) is 0.200. The highest BCUT2D eigenvalue weighted by Gasteiger charge is 2.18.